The fraction of sp³-hybridized carbons (Fsp3) is 0. The molecule has 2 heterocycles. The Morgan fingerprint density at radius 2 is 0.891 bits per heavy atom. The summed E-state index contributed by atoms with van der Waals surface area (Å²) in [4.78, 5) is 14.9. The van der Waals surface area contributed by atoms with Gasteiger partial charge in [0, 0.05) is 36.9 Å². The highest BCUT2D eigenvalue weighted by atomic mass is 32.1. The van der Waals surface area contributed by atoms with E-state index >= 15 is 0 Å². The summed E-state index contributed by atoms with van der Waals surface area (Å²) < 4.78 is 2.51. The number of rotatable bonds is 7. The predicted octanol–water partition coefficient (Wildman–Crippen LogP) is 14.2. The second-order valence-corrected chi connectivity index (χ2v) is 14.7. The van der Waals surface area contributed by atoms with Gasteiger partial charge in [0.25, 0.3) is 0 Å². The summed E-state index contributed by atoms with van der Waals surface area (Å²) in [6.07, 6.45) is 3.90. The normalized spacial score (nSPS) is 11.4. The molecule has 3 nitrogen and oxygen atoms in total. The van der Waals surface area contributed by atoms with Gasteiger partial charge in [-0.25, -0.2) is 15.0 Å². The standard InChI is InChI=1S/C51H33N3S/c1-3-38-39(4-2)43-27-25-34(30-44(43)42-22-12-11-21-41(38)42)35-26-28-46-45(31-35)48-40(23-14-24-47(48)55-46)36-19-13-20-37(29-36)51-53-49(32-15-7-5-8-16-32)52-50(54-51)33-17-9-6-10-18-33/h3-31H,1-2H2. The van der Waals surface area contributed by atoms with Crippen molar-refractivity contribution in [3.63, 3.8) is 0 Å². The van der Waals surface area contributed by atoms with Crippen molar-refractivity contribution in [2.75, 3.05) is 0 Å². The topological polar surface area (TPSA) is 38.7 Å². The highest BCUT2D eigenvalue weighted by Gasteiger charge is 2.17. The first-order valence-electron chi connectivity index (χ1n) is 18.3. The van der Waals surface area contributed by atoms with E-state index < -0.39 is 0 Å². The number of aromatic nitrogens is 3. The average molecular weight is 720 g/mol. The zero-order chi connectivity index (χ0) is 36.9. The second kappa shape index (κ2) is 13.4. The van der Waals surface area contributed by atoms with Gasteiger partial charge >= 0.3 is 0 Å². The Morgan fingerprint density at radius 3 is 1.56 bits per heavy atom. The molecule has 0 N–H and O–H groups in total. The Balaban J connectivity index is 1.12. The Kier molecular flexibility index (Phi) is 7.97. The lowest BCUT2D eigenvalue weighted by Gasteiger charge is -2.14. The van der Waals surface area contributed by atoms with Gasteiger partial charge in [0.05, 0.1) is 0 Å². The quantitative estimate of drug-likeness (QED) is 0.154. The Labute approximate surface area is 323 Å². The van der Waals surface area contributed by atoms with Crippen LogP contribution in [0.15, 0.2) is 177 Å². The van der Waals surface area contributed by atoms with E-state index in [4.69, 9.17) is 15.0 Å². The number of hydrogen-bond acceptors (Lipinski definition) is 4. The fourth-order valence-corrected chi connectivity index (χ4v) is 8.99. The Bertz CT molecular complexity index is 3070. The molecule has 4 heteroatoms. The van der Waals surface area contributed by atoms with Crippen molar-refractivity contribution in [2.45, 2.75) is 0 Å². The molecule has 0 spiro atoms. The van der Waals surface area contributed by atoms with Crippen molar-refractivity contribution < 1.29 is 0 Å². The molecule has 0 amide bonds. The van der Waals surface area contributed by atoms with Gasteiger partial charge in [-0.15, -0.1) is 11.3 Å². The number of thiophene rings is 1. The van der Waals surface area contributed by atoms with E-state index in [1.54, 1.807) is 0 Å². The third-order valence-electron chi connectivity index (χ3n) is 10.5. The maximum atomic E-state index is 5.01. The van der Waals surface area contributed by atoms with Crippen LogP contribution in [0.25, 0.3) is 110 Å². The first kappa shape index (κ1) is 32.6. The van der Waals surface area contributed by atoms with E-state index in [0.717, 1.165) is 33.4 Å². The molecule has 0 bridgehead atoms. The molecule has 0 saturated carbocycles. The second-order valence-electron chi connectivity index (χ2n) is 13.7. The number of fused-ring (bicyclic) bond motifs is 6. The summed E-state index contributed by atoms with van der Waals surface area (Å²) in [6.45, 7) is 8.30. The van der Waals surface area contributed by atoms with Crippen LogP contribution < -0.4 is 0 Å². The van der Waals surface area contributed by atoms with E-state index in [9.17, 15) is 0 Å². The van der Waals surface area contributed by atoms with Crippen LogP contribution in [-0.2, 0) is 0 Å². The molecule has 258 valence electrons. The van der Waals surface area contributed by atoms with Crippen LogP contribution in [0.5, 0.6) is 0 Å². The molecule has 10 aromatic rings. The van der Waals surface area contributed by atoms with Crippen molar-refractivity contribution >= 4 is 65.2 Å². The number of nitrogens with zero attached hydrogens (tertiary/aromatic N) is 3. The van der Waals surface area contributed by atoms with Gasteiger partial charge in [-0.05, 0) is 85.3 Å². The lowest BCUT2D eigenvalue weighted by atomic mass is 9.89. The minimum atomic E-state index is 0.642. The maximum absolute atomic E-state index is 5.01. The monoisotopic (exact) mass is 719 g/mol. The molecule has 0 atom stereocenters. The van der Waals surface area contributed by atoms with Crippen LogP contribution in [-0.4, -0.2) is 15.0 Å². The van der Waals surface area contributed by atoms with E-state index in [1.165, 1.54) is 58.4 Å². The summed E-state index contributed by atoms with van der Waals surface area (Å²) >= 11 is 1.83. The molecule has 0 aliphatic rings. The average Bonchev–Trinajstić information content (AvgIpc) is 3.64. The fourth-order valence-electron chi connectivity index (χ4n) is 7.87. The van der Waals surface area contributed by atoms with E-state index in [-0.39, 0.29) is 0 Å². The molecule has 0 aliphatic carbocycles. The molecule has 0 radical (unpaired) electrons. The minimum Gasteiger partial charge on any atom is -0.208 e. The van der Waals surface area contributed by atoms with Gasteiger partial charge in [0.1, 0.15) is 0 Å². The summed E-state index contributed by atoms with van der Waals surface area (Å²) in [7, 11) is 0. The Morgan fingerprint density at radius 1 is 0.364 bits per heavy atom. The van der Waals surface area contributed by atoms with Gasteiger partial charge in [0.15, 0.2) is 17.5 Å². The van der Waals surface area contributed by atoms with Crippen LogP contribution in [0.3, 0.4) is 0 Å². The predicted molar refractivity (Wildman–Crippen MR) is 235 cm³/mol. The molecule has 8 aromatic carbocycles. The van der Waals surface area contributed by atoms with Crippen molar-refractivity contribution in [1.29, 1.82) is 0 Å². The van der Waals surface area contributed by atoms with E-state index in [2.05, 4.69) is 116 Å². The number of benzene rings is 8. The number of hydrogen-bond donors (Lipinski definition) is 0. The SMILES string of the molecule is C=Cc1c(C=C)c2ccc(-c3ccc4sc5cccc(-c6cccc(-c7nc(-c8ccccc8)nc(-c8ccccc8)n7)c6)c5c4c3)cc2c2ccccc12. The van der Waals surface area contributed by atoms with E-state index in [0.29, 0.717) is 17.5 Å². The molecule has 0 unspecified atom stereocenters. The van der Waals surface area contributed by atoms with Gasteiger partial charge < -0.3 is 0 Å². The molecule has 0 aliphatic heterocycles. The van der Waals surface area contributed by atoms with Crippen molar-refractivity contribution in [3.8, 4) is 56.4 Å². The first-order valence-corrected chi connectivity index (χ1v) is 19.2. The molecule has 2 aromatic heterocycles. The molecular formula is C51H33N3S. The zero-order valence-electron chi connectivity index (χ0n) is 29.9. The lowest BCUT2D eigenvalue weighted by molar-refractivity contribution is 1.07. The molecule has 10 rings (SSSR count). The summed E-state index contributed by atoms with van der Waals surface area (Å²) in [5.41, 5.74) is 9.74. The first-order chi connectivity index (χ1) is 27.2. The van der Waals surface area contributed by atoms with Crippen LogP contribution in [0, 0.1) is 0 Å². The van der Waals surface area contributed by atoms with Gasteiger partial charge in [-0.2, -0.15) is 0 Å². The van der Waals surface area contributed by atoms with Crippen LogP contribution in [0.2, 0.25) is 0 Å². The largest absolute Gasteiger partial charge is 0.208 e. The molecule has 0 saturated heterocycles. The van der Waals surface area contributed by atoms with Gasteiger partial charge in [0.2, 0.25) is 0 Å². The van der Waals surface area contributed by atoms with Crippen molar-refractivity contribution in [2.24, 2.45) is 0 Å². The lowest BCUT2D eigenvalue weighted by Crippen LogP contribution is -2.00. The smallest absolute Gasteiger partial charge is 0.164 e. The van der Waals surface area contributed by atoms with Crippen molar-refractivity contribution in [3.05, 3.63) is 188 Å². The summed E-state index contributed by atoms with van der Waals surface area (Å²) in [6, 6.07) is 57.7. The Hall–Kier alpha value is -7.01. The summed E-state index contributed by atoms with van der Waals surface area (Å²) in [5.74, 6) is 1.94. The van der Waals surface area contributed by atoms with Crippen LogP contribution in [0.1, 0.15) is 11.1 Å². The molecule has 0 fully saturated rings. The molecule has 55 heavy (non-hydrogen) atoms. The van der Waals surface area contributed by atoms with Gasteiger partial charge in [-0.1, -0.05) is 159 Å². The molecular weight excluding hydrogens is 687 g/mol. The third kappa shape index (κ3) is 5.63. The minimum absolute atomic E-state index is 0.642. The summed E-state index contributed by atoms with van der Waals surface area (Å²) in [5, 5.41) is 7.30. The highest BCUT2D eigenvalue weighted by Crippen LogP contribution is 2.43. The van der Waals surface area contributed by atoms with E-state index in [1.807, 2.05) is 84.2 Å². The van der Waals surface area contributed by atoms with Crippen molar-refractivity contribution in [1.82, 2.24) is 15.0 Å². The van der Waals surface area contributed by atoms with Crippen LogP contribution in [0.4, 0.5) is 0 Å². The zero-order valence-corrected chi connectivity index (χ0v) is 30.7. The maximum Gasteiger partial charge on any atom is 0.164 e. The highest BCUT2D eigenvalue weighted by molar-refractivity contribution is 7.26. The van der Waals surface area contributed by atoms with Gasteiger partial charge in [-0.3, -0.25) is 0 Å². The van der Waals surface area contributed by atoms with Crippen LogP contribution >= 0.6 is 11.3 Å². The third-order valence-corrected chi connectivity index (χ3v) is 11.6.